The van der Waals surface area contributed by atoms with Crippen LogP contribution in [0.25, 0.3) is 0 Å². The highest BCUT2D eigenvalue weighted by Crippen LogP contribution is 2.38. The Morgan fingerprint density at radius 3 is 2.50 bits per heavy atom. The van der Waals surface area contributed by atoms with Gasteiger partial charge in [0.15, 0.2) is 5.79 Å². The molecule has 1 saturated carbocycles. The Hall–Kier alpha value is -1.92. The maximum absolute atomic E-state index is 11.9. The van der Waals surface area contributed by atoms with E-state index in [1.807, 2.05) is 31.2 Å². The molecule has 2 aliphatic rings. The number of rotatable bonds is 4. The number of benzene rings is 1. The van der Waals surface area contributed by atoms with E-state index in [0.29, 0.717) is 19.7 Å². The molecule has 0 bridgehead atoms. The van der Waals surface area contributed by atoms with Gasteiger partial charge >= 0.3 is 11.8 Å². The monoisotopic (exact) mass is 332 g/mol. The third kappa shape index (κ3) is 4.13. The summed E-state index contributed by atoms with van der Waals surface area (Å²) in [6, 6.07) is 7.80. The molecule has 0 unspecified atom stereocenters. The van der Waals surface area contributed by atoms with Crippen molar-refractivity contribution in [2.75, 3.05) is 13.2 Å². The van der Waals surface area contributed by atoms with E-state index < -0.39 is 17.6 Å². The quantitative estimate of drug-likeness (QED) is 0.818. The third-order valence-corrected chi connectivity index (χ3v) is 4.55. The molecule has 1 saturated heterocycles. The van der Waals surface area contributed by atoms with Crippen LogP contribution in [0.5, 0.6) is 0 Å². The van der Waals surface area contributed by atoms with Crippen molar-refractivity contribution in [1.82, 2.24) is 10.6 Å². The van der Waals surface area contributed by atoms with Gasteiger partial charge < -0.3 is 20.1 Å². The van der Waals surface area contributed by atoms with E-state index in [4.69, 9.17) is 9.47 Å². The van der Waals surface area contributed by atoms with Gasteiger partial charge in [-0.3, -0.25) is 9.59 Å². The molecule has 1 heterocycles. The van der Waals surface area contributed by atoms with Crippen molar-refractivity contribution in [3.05, 3.63) is 35.4 Å². The van der Waals surface area contributed by atoms with E-state index in [0.717, 1.165) is 36.8 Å². The van der Waals surface area contributed by atoms with Crippen molar-refractivity contribution in [2.24, 2.45) is 0 Å². The fraction of sp³-hybridized carbons (Fsp3) is 0.556. The van der Waals surface area contributed by atoms with Gasteiger partial charge in [0.05, 0.1) is 6.61 Å². The lowest BCUT2D eigenvalue weighted by Gasteiger charge is -2.21. The van der Waals surface area contributed by atoms with E-state index in [1.54, 1.807) is 0 Å². The number of carbonyl (C=O) groups is 2. The summed E-state index contributed by atoms with van der Waals surface area (Å²) in [5, 5.41) is 5.24. The highest BCUT2D eigenvalue weighted by molar-refractivity contribution is 6.35. The van der Waals surface area contributed by atoms with Crippen molar-refractivity contribution in [3.63, 3.8) is 0 Å². The van der Waals surface area contributed by atoms with Crippen LogP contribution in [-0.4, -0.2) is 36.9 Å². The van der Waals surface area contributed by atoms with E-state index in [-0.39, 0.29) is 6.10 Å². The number of nitrogens with one attached hydrogen (secondary N) is 2. The minimum atomic E-state index is -0.641. The molecular weight excluding hydrogens is 308 g/mol. The van der Waals surface area contributed by atoms with Crippen molar-refractivity contribution < 1.29 is 19.1 Å². The van der Waals surface area contributed by atoms with E-state index in [9.17, 15) is 9.59 Å². The largest absolute Gasteiger partial charge is 0.347 e. The number of hydrogen-bond acceptors (Lipinski definition) is 4. The number of aryl methyl sites for hydroxylation is 1. The van der Waals surface area contributed by atoms with Gasteiger partial charge in [0.2, 0.25) is 0 Å². The third-order valence-electron chi connectivity index (χ3n) is 4.55. The zero-order valence-electron chi connectivity index (χ0n) is 14.0. The highest BCUT2D eigenvalue weighted by atomic mass is 16.7. The molecule has 1 aromatic carbocycles. The molecular formula is C18H24N2O4. The molecule has 2 fully saturated rings. The Kier molecular flexibility index (Phi) is 5.16. The average Bonchev–Trinajstić information content (AvgIpc) is 3.22. The topological polar surface area (TPSA) is 76.7 Å². The van der Waals surface area contributed by atoms with Gasteiger partial charge in [0.1, 0.15) is 6.10 Å². The van der Waals surface area contributed by atoms with Gasteiger partial charge in [-0.05, 0) is 25.3 Å². The molecule has 1 atom stereocenters. The van der Waals surface area contributed by atoms with Crippen molar-refractivity contribution in [3.8, 4) is 0 Å². The normalized spacial score (nSPS) is 21.8. The Morgan fingerprint density at radius 1 is 1.12 bits per heavy atom. The Labute approximate surface area is 141 Å². The number of amides is 2. The summed E-state index contributed by atoms with van der Waals surface area (Å²) in [7, 11) is 0. The predicted molar refractivity (Wildman–Crippen MR) is 88.1 cm³/mol. The summed E-state index contributed by atoms with van der Waals surface area (Å²) < 4.78 is 11.7. The predicted octanol–water partition coefficient (Wildman–Crippen LogP) is 1.41. The van der Waals surface area contributed by atoms with Crippen LogP contribution in [0, 0.1) is 6.92 Å². The second-order valence-electron chi connectivity index (χ2n) is 6.55. The van der Waals surface area contributed by atoms with E-state index in [1.165, 1.54) is 0 Å². The second-order valence-corrected chi connectivity index (χ2v) is 6.55. The summed E-state index contributed by atoms with van der Waals surface area (Å²) in [4.78, 5) is 23.7. The molecule has 1 aliphatic carbocycles. The van der Waals surface area contributed by atoms with Gasteiger partial charge in [-0.1, -0.05) is 29.8 Å². The molecule has 130 valence electrons. The van der Waals surface area contributed by atoms with Gasteiger partial charge in [-0.2, -0.15) is 0 Å². The fourth-order valence-electron chi connectivity index (χ4n) is 3.15. The Morgan fingerprint density at radius 2 is 1.79 bits per heavy atom. The molecule has 0 radical (unpaired) electrons. The summed E-state index contributed by atoms with van der Waals surface area (Å²) in [5.74, 6) is -1.72. The number of hydrogen-bond donors (Lipinski definition) is 2. The summed E-state index contributed by atoms with van der Waals surface area (Å²) in [6.45, 7) is 3.09. The van der Waals surface area contributed by atoms with Crippen LogP contribution in [-0.2, 0) is 25.6 Å². The van der Waals surface area contributed by atoms with E-state index >= 15 is 0 Å². The van der Waals surface area contributed by atoms with Crippen LogP contribution < -0.4 is 10.6 Å². The van der Waals surface area contributed by atoms with Crippen molar-refractivity contribution >= 4 is 11.8 Å². The molecule has 0 aromatic heterocycles. The fourth-order valence-corrected chi connectivity index (χ4v) is 3.15. The lowest BCUT2D eigenvalue weighted by molar-refractivity contribution is -0.161. The van der Waals surface area contributed by atoms with E-state index in [2.05, 4.69) is 10.6 Å². The lowest BCUT2D eigenvalue weighted by Crippen LogP contribution is -2.43. The minimum Gasteiger partial charge on any atom is -0.347 e. The van der Waals surface area contributed by atoms with Gasteiger partial charge in [-0.15, -0.1) is 0 Å². The SMILES string of the molecule is Cc1ccc(CNC(=O)C(=O)NC[C@@H]2COC3(CCCC3)O2)cc1. The molecule has 2 amide bonds. The number of ether oxygens (including phenoxy) is 2. The zero-order chi connectivity index (χ0) is 17.0. The first kappa shape index (κ1) is 16.9. The molecule has 1 spiro atoms. The molecule has 1 aliphatic heterocycles. The maximum Gasteiger partial charge on any atom is 0.309 e. The zero-order valence-corrected chi connectivity index (χ0v) is 14.0. The highest BCUT2D eigenvalue weighted by Gasteiger charge is 2.43. The first-order valence-electron chi connectivity index (χ1n) is 8.50. The summed E-state index contributed by atoms with van der Waals surface area (Å²) in [6.07, 6.45) is 3.86. The maximum atomic E-state index is 11.9. The molecule has 6 heteroatoms. The van der Waals surface area contributed by atoms with Crippen LogP contribution in [0.3, 0.4) is 0 Å². The summed E-state index contributed by atoms with van der Waals surface area (Å²) in [5.41, 5.74) is 2.11. The molecule has 6 nitrogen and oxygen atoms in total. The van der Waals surface area contributed by atoms with Crippen molar-refractivity contribution in [1.29, 1.82) is 0 Å². The minimum absolute atomic E-state index is 0.183. The first-order chi connectivity index (χ1) is 11.6. The van der Waals surface area contributed by atoms with Gasteiger partial charge in [0, 0.05) is 25.9 Å². The van der Waals surface area contributed by atoms with Crippen LogP contribution in [0.1, 0.15) is 36.8 Å². The Bertz CT molecular complexity index is 594. The lowest BCUT2D eigenvalue weighted by atomic mass is 10.1. The average molecular weight is 332 g/mol. The van der Waals surface area contributed by atoms with Crippen LogP contribution >= 0.6 is 0 Å². The molecule has 2 N–H and O–H groups in total. The standard InChI is InChI=1S/C18H24N2O4/c1-13-4-6-14(7-5-13)10-19-16(21)17(22)20-11-15-12-23-18(24-15)8-2-3-9-18/h4-7,15H,2-3,8-12H2,1H3,(H,19,21)(H,20,22)/t15-/m1/s1. The molecule has 1 aromatic rings. The van der Waals surface area contributed by atoms with Gasteiger partial charge in [0.25, 0.3) is 0 Å². The van der Waals surface area contributed by atoms with Crippen molar-refractivity contribution in [2.45, 2.75) is 51.0 Å². The van der Waals surface area contributed by atoms with Crippen LogP contribution in [0.2, 0.25) is 0 Å². The summed E-state index contributed by atoms with van der Waals surface area (Å²) >= 11 is 0. The second kappa shape index (κ2) is 7.32. The molecule has 3 rings (SSSR count). The first-order valence-corrected chi connectivity index (χ1v) is 8.50. The number of carbonyl (C=O) groups excluding carboxylic acids is 2. The van der Waals surface area contributed by atoms with Crippen LogP contribution in [0.4, 0.5) is 0 Å². The van der Waals surface area contributed by atoms with Gasteiger partial charge in [-0.25, -0.2) is 0 Å². The smallest absolute Gasteiger partial charge is 0.309 e. The van der Waals surface area contributed by atoms with Crippen LogP contribution in [0.15, 0.2) is 24.3 Å². The Balaban J connectivity index is 1.38. The molecule has 24 heavy (non-hydrogen) atoms.